The van der Waals surface area contributed by atoms with Crippen LogP contribution in [0, 0.1) is 5.82 Å². The lowest BCUT2D eigenvalue weighted by molar-refractivity contribution is -0.133. The van der Waals surface area contributed by atoms with Crippen LogP contribution in [0.15, 0.2) is 57.2 Å². The number of nitrogens with zero attached hydrogens (tertiary/aromatic N) is 6. The van der Waals surface area contributed by atoms with Gasteiger partial charge in [-0.25, -0.2) is 19.2 Å². The predicted molar refractivity (Wildman–Crippen MR) is 164 cm³/mol. The molecule has 1 fully saturated rings. The zero-order chi connectivity index (χ0) is 31.2. The molecule has 0 aliphatic carbocycles. The van der Waals surface area contributed by atoms with Gasteiger partial charge in [0, 0.05) is 63.5 Å². The molecule has 2 aliphatic heterocycles. The predicted octanol–water partition coefficient (Wildman–Crippen LogP) is 3.33. The van der Waals surface area contributed by atoms with Gasteiger partial charge >= 0.3 is 5.69 Å². The summed E-state index contributed by atoms with van der Waals surface area (Å²) in [5, 5.41) is 0. The van der Waals surface area contributed by atoms with Gasteiger partial charge in [-0.1, -0.05) is 6.92 Å². The third kappa shape index (κ3) is 6.54. The van der Waals surface area contributed by atoms with Crippen molar-refractivity contribution in [3.05, 3.63) is 85.9 Å². The van der Waals surface area contributed by atoms with Crippen molar-refractivity contribution in [1.29, 1.82) is 0 Å². The summed E-state index contributed by atoms with van der Waals surface area (Å²) in [6, 6.07) is 8.85. The van der Waals surface area contributed by atoms with E-state index in [2.05, 4.69) is 9.98 Å². The molecule has 5 rings (SSSR count). The first-order chi connectivity index (χ1) is 21.3. The van der Waals surface area contributed by atoms with Crippen LogP contribution in [0.25, 0.3) is 0 Å². The van der Waals surface area contributed by atoms with Crippen LogP contribution in [0.3, 0.4) is 0 Å². The largest absolute Gasteiger partial charge is 0.383 e. The van der Waals surface area contributed by atoms with Gasteiger partial charge in [0.05, 0.1) is 24.4 Å². The maximum Gasteiger partial charge on any atom is 0.332 e. The molecule has 0 N–H and O–H groups in total. The molecule has 2 aromatic heterocycles. The first-order valence-electron chi connectivity index (χ1n) is 15.1. The number of halogens is 1. The average molecular weight is 605 g/mol. The molecule has 4 heterocycles. The van der Waals surface area contributed by atoms with E-state index in [-0.39, 0.29) is 30.3 Å². The highest BCUT2D eigenvalue weighted by Crippen LogP contribution is 2.26. The lowest BCUT2D eigenvalue weighted by atomic mass is 10.1. The molecule has 2 aliphatic rings. The van der Waals surface area contributed by atoms with Crippen molar-refractivity contribution in [2.75, 3.05) is 38.3 Å². The van der Waals surface area contributed by atoms with E-state index in [9.17, 15) is 23.6 Å². The van der Waals surface area contributed by atoms with E-state index < -0.39 is 11.5 Å². The second-order valence-electron chi connectivity index (χ2n) is 11.0. The van der Waals surface area contributed by atoms with Gasteiger partial charge in [0.1, 0.15) is 17.5 Å². The van der Waals surface area contributed by atoms with Gasteiger partial charge in [0.15, 0.2) is 0 Å². The molecule has 3 aromatic rings. The number of piperidine rings is 1. The Bertz CT molecular complexity index is 1660. The van der Waals surface area contributed by atoms with Gasteiger partial charge in [-0.15, -0.1) is 0 Å². The molecule has 0 radical (unpaired) electrons. The third-order valence-corrected chi connectivity index (χ3v) is 7.97. The zero-order valence-electron chi connectivity index (χ0n) is 25.1. The molecule has 0 atom stereocenters. The Labute approximate surface area is 254 Å². The van der Waals surface area contributed by atoms with Crippen LogP contribution in [0.5, 0.6) is 0 Å². The molecule has 11 nitrogen and oxygen atoms in total. The van der Waals surface area contributed by atoms with Crippen LogP contribution in [0.2, 0.25) is 0 Å². The normalized spacial score (nSPS) is 14.5. The summed E-state index contributed by atoms with van der Waals surface area (Å²) in [5.41, 5.74) is 1.27. The molecule has 0 bridgehead atoms. The van der Waals surface area contributed by atoms with E-state index in [1.165, 1.54) is 38.3 Å². The van der Waals surface area contributed by atoms with Crippen LogP contribution < -0.4 is 16.1 Å². The monoisotopic (exact) mass is 604 g/mol. The summed E-state index contributed by atoms with van der Waals surface area (Å²) < 4.78 is 21.5. The van der Waals surface area contributed by atoms with Crippen molar-refractivity contribution < 1.29 is 18.7 Å². The lowest BCUT2D eigenvalue weighted by Crippen LogP contribution is -2.41. The minimum atomic E-state index is -0.438. The van der Waals surface area contributed by atoms with Crippen molar-refractivity contribution in [2.24, 2.45) is 4.99 Å². The maximum atomic E-state index is 13.6. The number of hydrogen-bond donors (Lipinski definition) is 0. The summed E-state index contributed by atoms with van der Waals surface area (Å²) in [6.45, 7) is 4.32. The highest BCUT2D eigenvalue weighted by atomic mass is 19.1. The number of pyridine rings is 1. The molecule has 0 spiro atoms. The summed E-state index contributed by atoms with van der Waals surface area (Å²) in [7, 11) is 1.55. The van der Waals surface area contributed by atoms with Gasteiger partial charge in [0.25, 0.3) is 11.5 Å². The number of carbonyl (C=O) groups excluding carboxylic acids is 2. The minimum Gasteiger partial charge on any atom is -0.383 e. The molecule has 2 amide bonds. The fourth-order valence-corrected chi connectivity index (χ4v) is 5.64. The number of fused-ring (bicyclic) bond motifs is 1. The number of amides is 2. The van der Waals surface area contributed by atoms with Crippen molar-refractivity contribution in [2.45, 2.75) is 58.5 Å². The quantitative estimate of drug-likeness (QED) is 0.313. The molecule has 12 heteroatoms. The number of anilines is 1. The van der Waals surface area contributed by atoms with Gasteiger partial charge < -0.3 is 9.64 Å². The van der Waals surface area contributed by atoms with Gasteiger partial charge in [-0.2, -0.15) is 0 Å². The van der Waals surface area contributed by atoms with E-state index >= 15 is 0 Å². The Morgan fingerprint density at radius 3 is 2.50 bits per heavy atom. The van der Waals surface area contributed by atoms with E-state index in [4.69, 9.17) is 4.74 Å². The van der Waals surface area contributed by atoms with E-state index in [1.807, 2.05) is 11.8 Å². The van der Waals surface area contributed by atoms with Crippen LogP contribution in [0.1, 0.15) is 60.5 Å². The smallest absolute Gasteiger partial charge is 0.332 e. The number of benzene rings is 1. The SMILES string of the molecule is CCCn1c(=O)c2c(n(CCOC)c1=O)N=C(c1ccc(N(CCCN3CCCCC3=O)C(=O)c3ccc(F)cc3)nc1)C2. The van der Waals surface area contributed by atoms with Gasteiger partial charge in [-0.05, 0) is 62.1 Å². The van der Waals surface area contributed by atoms with Gasteiger partial charge in [0.2, 0.25) is 5.91 Å². The minimum absolute atomic E-state index is 0.127. The molecule has 44 heavy (non-hydrogen) atoms. The lowest BCUT2D eigenvalue weighted by Gasteiger charge is -2.28. The van der Waals surface area contributed by atoms with Gasteiger partial charge in [-0.3, -0.25) is 28.4 Å². The number of aromatic nitrogens is 3. The van der Waals surface area contributed by atoms with Crippen molar-refractivity contribution in [1.82, 2.24) is 19.0 Å². The highest BCUT2D eigenvalue weighted by molar-refractivity contribution is 6.07. The Hall–Kier alpha value is -4.45. The number of carbonyl (C=O) groups is 2. The molecular weight excluding hydrogens is 567 g/mol. The van der Waals surface area contributed by atoms with Crippen molar-refractivity contribution >= 4 is 29.2 Å². The Morgan fingerprint density at radius 1 is 1.02 bits per heavy atom. The molecule has 1 aromatic carbocycles. The summed E-state index contributed by atoms with van der Waals surface area (Å²) in [6.07, 6.45) is 5.44. The zero-order valence-corrected chi connectivity index (χ0v) is 25.1. The summed E-state index contributed by atoms with van der Waals surface area (Å²) >= 11 is 0. The molecule has 0 saturated carbocycles. The third-order valence-electron chi connectivity index (χ3n) is 7.97. The Kier molecular flexibility index (Phi) is 9.78. The van der Waals surface area contributed by atoms with E-state index in [0.717, 1.165) is 12.8 Å². The first kappa shape index (κ1) is 31.0. The number of hydrogen-bond acceptors (Lipinski definition) is 7. The van der Waals surface area contributed by atoms with Crippen LogP contribution in [-0.4, -0.2) is 69.9 Å². The average Bonchev–Trinajstić information content (AvgIpc) is 3.48. The summed E-state index contributed by atoms with van der Waals surface area (Å²) in [5.74, 6) is 0.0870. The summed E-state index contributed by atoms with van der Waals surface area (Å²) in [4.78, 5) is 64.8. The molecular formula is C32H37FN6O5. The van der Waals surface area contributed by atoms with Crippen LogP contribution >= 0.6 is 0 Å². The standard InChI is InChI=1S/C32H37FN6O5/c1-3-14-39-31(42)25-20-26(35-29(25)38(32(39)43)18-19-44-2)23-10-13-27(34-21-23)37(30(41)22-8-11-24(33)12-9-22)17-6-16-36-15-5-4-7-28(36)40/h8-13,21H,3-7,14-20H2,1-2H3. The number of rotatable bonds is 12. The second-order valence-corrected chi connectivity index (χ2v) is 11.0. The number of ether oxygens (including phenoxy) is 1. The molecule has 232 valence electrons. The number of likely N-dealkylation sites (tertiary alicyclic amines) is 1. The Balaban J connectivity index is 1.41. The van der Waals surface area contributed by atoms with Crippen LogP contribution in [-0.2, 0) is 29.0 Å². The first-order valence-corrected chi connectivity index (χ1v) is 15.1. The Morgan fingerprint density at radius 2 is 1.82 bits per heavy atom. The second kappa shape index (κ2) is 13.9. The fraction of sp³-hybridized carbons (Fsp3) is 0.438. The fourth-order valence-electron chi connectivity index (χ4n) is 5.64. The van der Waals surface area contributed by atoms with Crippen LogP contribution in [0.4, 0.5) is 16.0 Å². The highest BCUT2D eigenvalue weighted by Gasteiger charge is 2.27. The topological polar surface area (TPSA) is 119 Å². The number of aliphatic imine (C=N–C) groups is 1. The van der Waals surface area contributed by atoms with E-state index in [1.54, 1.807) is 25.4 Å². The molecule has 0 unspecified atom stereocenters. The van der Waals surface area contributed by atoms with Crippen molar-refractivity contribution in [3.8, 4) is 0 Å². The van der Waals surface area contributed by atoms with Crippen molar-refractivity contribution in [3.63, 3.8) is 0 Å². The number of methoxy groups -OCH3 is 1. The maximum absolute atomic E-state index is 13.6. The van der Waals surface area contributed by atoms with E-state index in [0.29, 0.717) is 86.1 Å². The molecule has 1 saturated heterocycles.